The van der Waals surface area contributed by atoms with Crippen molar-refractivity contribution in [3.8, 4) is 5.88 Å². The zero-order valence-corrected chi connectivity index (χ0v) is 12.9. The predicted molar refractivity (Wildman–Crippen MR) is 83.1 cm³/mol. The van der Waals surface area contributed by atoms with Crippen LogP contribution in [0, 0.1) is 0 Å². The van der Waals surface area contributed by atoms with E-state index in [1.165, 1.54) is 0 Å². The molecule has 0 unspecified atom stereocenters. The van der Waals surface area contributed by atoms with Crippen molar-refractivity contribution in [2.75, 3.05) is 13.2 Å². The molecule has 112 valence electrons. The zero-order valence-electron chi connectivity index (χ0n) is 12.9. The third-order valence-electron chi connectivity index (χ3n) is 2.47. The highest BCUT2D eigenvalue weighted by Gasteiger charge is 2.05. The van der Waals surface area contributed by atoms with Gasteiger partial charge < -0.3 is 15.4 Å². The molecule has 20 heavy (non-hydrogen) atoms. The molecule has 5 nitrogen and oxygen atoms in total. The van der Waals surface area contributed by atoms with Crippen LogP contribution in [0.5, 0.6) is 5.88 Å². The van der Waals surface area contributed by atoms with E-state index in [0.717, 1.165) is 24.5 Å². The average molecular weight is 278 g/mol. The summed E-state index contributed by atoms with van der Waals surface area (Å²) in [6, 6.07) is 4.25. The van der Waals surface area contributed by atoms with E-state index in [1.54, 1.807) is 6.20 Å². The van der Waals surface area contributed by atoms with E-state index in [4.69, 9.17) is 4.74 Å². The molecule has 1 heterocycles. The number of nitrogens with zero attached hydrogens (tertiary/aromatic N) is 2. The van der Waals surface area contributed by atoms with Gasteiger partial charge in [-0.1, -0.05) is 13.0 Å². The first-order valence-electron chi connectivity index (χ1n) is 7.28. The normalized spacial score (nSPS) is 11.6. The van der Waals surface area contributed by atoms with Crippen LogP contribution in [0.1, 0.15) is 39.7 Å². The molecular weight excluding hydrogens is 252 g/mol. The molecular formula is C15H26N4O. The summed E-state index contributed by atoms with van der Waals surface area (Å²) in [6.45, 7) is 10.4. The average Bonchev–Trinajstić information content (AvgIpc) is 2.43. The lowest BCUT2D eigenvalue weighted by molar-refractivity contribution is 0.302. The maximum atomic E-state index is 5.64. The summed E-state index contributed by atoms with van der Waals surface area (Å²) >= 11 is 0. The number of aliphatic imine (C=N–C) groups is 1. The van der Waals surface area contributed by atoms with Crippen molar-refractivity contribution in [3.63, 3.8) is 0 Å². The fourth-order valence-electron chi connectivity index (χ4n) is 1.63. The molecule has 0 radical (unpaired) electrons. The highest BCUT2D eigenvalue weighted by molar-refractivity contribution is 5.80. The van der Waals surface area contributed by atoms with Crippen molar-refractivity contribution in [2.45, 2.75) is 46.7 Å². The van der Waals surface area contributed by atoms with E-state index in [9.17, 15) is 0 Å². The Kier molecular flexibility index (Phi) is 7.47. The van der Waals surface area contributed by atoms with Gasteiger partial charge in [0.05, 0.1) is 13.2 Å². The van der Waals surface area contributed by atoms with Crippen LogP contribution in [0.2, 0.25) is 0 Å². The minimum absolute atomic E-state index is 0.345. The Balaban J connectivity index is 2.74. The van der Waals surface area contributed by atoms with E-state index in [2.05, 4.69) is 48.3 Å². The number of pyridine rings is 1. The lowest BCUT2D eigenvalue weighted by atomic mass is 10.3. The van der Waals surface area contributed by atoms with E-state index >= 15 is 0 Å². The van der Waals surface area contributed by atoms with E-state index in [-0.39, 0.29) is 0 Å². The quantitative estimate of drug-likeness (QED) is 0.594. The van der Waals surface area contributed by atoms with E-state index in [0.29, 0.717) is 25.1 Å². The molecule has 0 amide bonds. The second-order valence-corrected chi connectivity index (χ2v) is 4.81. The summed E-state index contributed by atoms with van der Waals surface area (Å²) in [5.41, 5.74) is 1.00. The van der Waals surface area contributed by atoms with Crippen LogP contribution in [0.25, 0.3) is 0 Å². The number of rotatable bonds is 7. The Morgan fingerprint density at radius 2 is 2.20 bits per heavy atom. The SMILES string of the molecule is CCCOc1ncccc1CN=C(NCC)NC(C)C. The first kappa shape index (κ1) is 16.3. The van der Waals surface area contributed by atoms with Gasteiger partial charge >= 0.3 is 0 Å². The summed E-state index contributed by atoms with van der Waals surface area (Å²) in [5.74, 6) is 1.49. The van der Waals surface area contributed by atoms with Crippen LogP contribution >= 0.6 is 0 Å². The molecule has 0 spiro atoms. The molecule has 0 saturated carbocycles. The van der Waals surface area contributed by atoms with Gasteiger partial charge in [0.1, 0.15) is 0 Å². The van der Waals surface area contributed by atoms with Gasteiger partial charge in [0.2, 0.25) is 5.88 Å². The van der Waals surface area contributed by atoms with Crippen LogP contribution in [0.4, 0.5) is 0 Å². The fraction of sp³-hybridized carbons (Fsp3) is 0.600. The van der Waals surface area contributed by atoms with Crippen molar-refractivity contribution in [1.82, 2.24) is 15.6 Å². The largest absolute Gasteiger partial charge is 0.477 e. The molecule has 5 heteroatoms. The van der Waals surface area contributed by atoms with Gasteiger partial charge in [-0.3, -0.25) is 0 Å². The third kappa shape index (κ3) is 5.91. The number of hydrogen-bond donors (Lipinski definition) is 2. The zero-order chi connectivity index (χ0) is 14.8. The smallest absolute Gasteiger partial charge is 0.218 e. The van der Waals surface area contributed by atoms with Gasteiger partial charge in [0.25, 0.3) is 0 Å². The second kappa shape index (κ2) is 9.18. The molecule has 2 N–H and O–H groups in total. The Hall–Kier alpha value is -1.78. The van der Waals surface area contributed by atoms with Crippen LogP contribution in [0.15, 0.2) is 23.3 Å². The maximum absolute atomic E-state index is 5.64. The van der Waals surface area contributed by atoms with E-state index in [1.807, 2.05) is 12.1 Å². The first-order valence-corrected chi connectivity index (χ1v) is 7.28. The van der Waals surface area contributed by atoms with Crippen LogP contribution < -0.4 is 15.4 Å². The topological polar surface area (TPSA) is 58.5 Å². The maximum Gasteiger partial charge on any atom is 0.218 e. The minimum Gasteiger partial charge on any atom is -0.477 e. The van der Waals surface area contributed by atoms with Gasteiger partial charge in [-0.15, -0.1) is 0 Å². The third-order valence-corrected chi connectivity index (χ3v) is 2.47. The number of guanidine groups is 1. The molecule has 0 fully saturated rings. The van der Waals surface area contributed by atoms with Crippen LogP contribution in [-0.4, -0.2) is 30.1 Å². The Bertz CT molecular complexity index is 418. The van der Waals surface area contributed by atoms with Gasteiger partial charge in [0, 0.05) is 24.3 Å². The molecule has 0 aliphatic heterocycles. The van der Waals surface area contributed by atoms with Gasteiger partial charge in [-0.25, -0.2) is 9.98 Å². The fourth-order valence-corrected chi connectivity index (χ4v) is 1.63. The highest BCUT2D eigenvalue weighted by Crippen LogP contribution is 2.15. The summed E-state index contributed by atoms with van der Waals surface area (Å²) in [4.78, 5) is 8.84. The molecule has 1 rings (SSSR count). The van der Waals surface area contributed by atoms with Gasteiger partial charge in [-0.05, 0) is 33.3 Å². The predicted octanol–water partition coefficient (Wildman–Crippen LogP) is 2.33. The van der Waals surface area contributed by atoms with Crippen molar-refractivity contribution in [3.05, 3.63) is 23.9 Å². The number of ether oxygens (including phenoxy) is 1. The minimum atomic E-state index is 0.345. The molecule has 1 aromatic rings. The summed E-state index contributed by atoms with van der Waals surface area (Å²) in [6.07, 6.45) is 2.71. The second-order valence-electron chi connectivity index (χ2n) is 4.81. The lowest BCUT2D eigenvalue weighted by Crippen LogP contribution is -2.41. The van der Waals surface area contributed by atoms with E-state index < -0.39 is 0 Å². The molecule has 0 aromatic carbocycles. The van der Waals surface area contributed by atoms with Gasteiger partial charge in [0.15, 0.2) is 5.96 Å². The molecule has 0 aliphatic carbocycles. The molecule has 1 aromatic heterocycles. The number of nitrogens with one attached hydrogen (secondary N) is 2. The lowest BCUT2D eigenvalue weighted by Gasteiger charge is -2.14. The Labute approximate surface area is 121 Å². The Morgan fingerprint density at radius 1 is 1.40 bits per heavy atom. The summed E-state index contributed by atoms with van der Waals surface area (Å²) < 4.78 is 5.64. The van der Waals surface area contributed by atoms with Crippen molar-refractivity contribution in [2.24, 2.45) is 4.99 Å². The highest BCUT2D eigenvalue weighted by atomic mass is 16.5. The molecule has 0 atom stereocenters. The van der Waals surface area contributed by atoms with Gasteiger partial charge in [-0.2, -0.15) is 0 Å². The molecule has 0 aliphatic rings. The monoisotopic (exact) mass is 278 g/mol. The van der Waals surface area contributed by atoms with Crippen LogP contribution in [0.3, 0.4) is 0 Å². The summed E-state index contributed by atoms with van der Waals surface area (Å²) in [7, 11) is 0. The van der Waals surface area contributed by atoms with Crippen molar-refractivity contribution < 1.29 is 4.74 Å². The number of hydrogen-bond acceptors (Lipinski definition) is 3. The summed E-state index contributed by atoms with van der Waals surface area (Å²) in [5, 5.41) is 6.52. The first-order chi connectivity index (χ1) is 9.67. The van der Waals surface area contributed by atoms with Crippen molar-refractivity contribution >= 4 is 5.96 Å². The van der Waals surface area contributed by atoms with Crippen molar-refractivity contribution in [1.29, 1.82) is 0 Å². The standard InChI is InChI=1S/C15H26N4O/c1-5-10-20-14-13(8-7-9-17-14)11-18-15(16-6-2)19-12(3)4/h7-9,12H,5-6,10-11H2,1-4H3,(H2,16,18,19). The van der Waals surface area contributed by atoms with Crippen LogP contribution in [-0.2, 0) is 6.54 Å². The molecule has 0 bridgehead atoms. The Morgan fingerprint density at radius 3 is 2.85 bits per heavy atom. The number of aromatic nitrogens is 1. The molecule has 0 saturated heterocycles.